The van der Waals surface area contributed by atoms with Crippen molar-refractivity contribution < 1.29 is 4.79 Å². The largest absolute Gasteiger partial charge is 0.358 e. The zero-order valence-electron chi connectivity index (χ0n) is 7.50. The Bertz CT molecular complexity index is 442. The van der Waals surface area contributed by atoms with Crippen LogP contribution >= 0.6 is 0 Å². The fourth-order valence-electron chi connectivity index (χ4n) is 1.51. The van der Waals surface area contributed by atoms with Crippen molar-refractivity contribution in [1.29, 1.82) is 0 Å². The first-order chi connectivity index (χ1) is 6.29. The molecule has 0 aliphatic carbocycles. The second-order valence-corrected chi connectivity index (χ2v) is 3.26. The number of aldehydes is 1. The number of hydrogen-bond acceptors (Lipinski definition) is 1. The first kappa shape index (κ1) is 8.05. The van der Waals surface area contributed by atoms with Crippen LogP contribution in [-0.2, 0) is 11.2 Å². The van der Waals surface area contributed by atoms with E-state index in [9.17, 15) is 4.79 Å². The number of aromatic amines is 1. The average Bonchev–Trinajstić information content (AvgIpc) is 2.46. The lowest BCUT2D eigenvalue weighted by Crippen LogP contribution is -1.83. The van der Waals surface area contributed by atoms with Gasteiger partial charge in [-0.15, -0.1) is 0 Å². The molecule has 0 saturated heterocycles. The van der Waals surface area contributed by atoms with Crippen molar-refractivity contribution >= 4 is 17.2 Å². The fourth-order valence-corrected chi connectivity index (χ4v) is 1.51. The molecule has 2 aromatic rings. The molecule has 0 unspecified atom stereocenters. The highest BCUT2D eigenvalue weighted by molar-refractivity contribution is 5.81. The van der Waals surface area contributed by atoms with Crippen molar-refractivity contribution in [3.63, 3.8) is 0 Å². The van der Waals surface area contributed by atoms with Gasteiger partial charge in [0.15, 0.2) is 0 Å². The van der Waals surface area contributed by atoms with E-state index in [1.165, 1.54) is 10.9 Å². The summed E-state index contributed by atoms with van der Waals surface area (Å²) in [4.78, 5) is 13.5. The van der Waals surface area contributed by atoms with Crippen LogP contribution in [0.3, 0.4) is 0 Å². The zero-order valence-corrected chi connectivity index (χ0v) is 7.50. The highest BCUT2D eigenvalue weighted by atomic mass is 16.1. The van der Waals surface area contributed by atoms with Crippen molar-refractivity contribution in [2.45, 2.75) is 13.3 Å². The van der Waals surface area contributed by atoms with Gasteiger partial charge in [-0.05, 0) is 30.5 Å². The van der Waals surface area contributed by atoms with Crippen LogP contribution in [0, 0.1) is 6.92 Å². The fraction of sp³-hybridized carbons (Fsp3) is 0.182. The van der Waals surface area contributed by atoms with Crippen LogP contribution in [0.2, 0.25) is 0 Å². The van der Waals surface area contributed by atoms with Crippen LogP contribution in [0.15, 0.2) is 24.3 Å². The van der Waals surface area contributed by atoms with Gasteiger partial charge in [0.25, 0.3) is 0 Å². The minimum absolute atomic E-state index is 0.466. The zero-order chi connectivity index (χ0) is 9.26. The molecule has 0 saturated carbocycles. The first-order valence-corrected chi connectivity index (χ1v) is 4.31. The van der Waals surface area contributed by atoms with Crippen molar-refractivity contribution in [2.75, 3.05) is 0 Å². The lowest BCUT2D eigenvalue weighted by Gasteiger charge is -1.90. The summed E-state index contributed by atoms with van der Waals surface area (Å²) in [5.41, 5.74) is 3.32. The van der Waals surface area contributed by atoms with Crippen molar-refractivity contribution in [2.24, 2.45) is 0 Å². The number of rotatable bonds is 2. The Hall–Kier alpha value is -1.57. The van der Waals surface area contributed by atoms with Crippen molar-refractivity contribution in [3.05, 3.63) is 35.5 Å². The normalized spacial score (nSPS) is 10.5. The number of aryl methyl sites for hydroxylation is 1. The quantitative estimate of drug-likeness (QED) is 0.694. The monoisotopic (exact) mass is 173 g/mol. The third-order valence-electron chi connectivity index (χ3n) is 2.14. The predicted molar refractivity (Wildman–Crippen MR) is 52.8 cm³/mol. The summed E-state index contributed by atoms with van der Waals surface area (Å²) in [5, 5.41) is 1.18. The molecule has 0 fully saturated rings. The molecule has 2 rings (SSSR count). The maximum absolute atomic E-state index is 10.3. The molecule has 0 spiro atoms. The first-order valence-electron chi connectivity index (χ1n) is 4.31. The van der Waals surface area contributed by atoms with Gasteiger partial charge in [-0.25, -0.2) is 0 Å². The maximum atomic E-state index is 10.3. The molecule has 1 aromatic carbocycles. The summed E-state index contributed by atoms with van der Waals surface area (Å²) in [6, 6.07) is 8.24. The molecule has 0 bridgehead atoms. The minimum atomic E-state index is 0.466. The molecule has 0 aliphatic heterocycles. The summed E-state index contributed by atoms with van der Waals surface area (Å²) < 4.78 is 0. The van der Waals surface area contributed by atoms with Gasteiger partial charge in [0.05, 0.1) is 0 Å². The number of carbonyl (C=O) groups is 1. The van der Waals surface area contributed by atoms with Gasteiger partial charge in [0, 0.05) is 17.6 Å². The van der Waals surface area contributed by atoms with E-state index in [2.05, 4.69) is 24.0 Å². The number of carbonyl (C=O) groups excluding carboxylic acids is 1. The smallest absolute Gasteiger partial charge is 0.125 e. The van der Waals surface area contributed by atoms with Crippen molar-refractivity contribution in [1.82, 2.24) is 4.98 Å². The predicted octanol–water partition coefficient (Wildman–Crippen LogP) is 2.22. The number of fused-ring (bicyclic) bond motifs is 1. The average molecular weight is 173 g/mol. The summed E-state index contributed by atoms with van der Waals surface area (Å²) in [6.45, 7) is 2.06. The third kappa shape index (κ3) is 1.47. The van der Waals surface area contributed by atoms with Crippen LogP contribution in [0.25, 0.3) is 10.9 Å². The molecule has 0 amide bonds. The topological polar surface area (TPSA) is 32.9 Å². The number of aromatic nitrogens is 1. The van der Waals surface area contributed by atoms with Gasteiger partial charge in [0.2, 0.25) is 0 Å². The Labute approximate surface area is 76.6 Å². The van der Waals surface area contributed by atoms with Gasteiger partial charge >= 0.3 is 0 Å². The highest BCUT2D eigenvalue weighted by Gasteiger charge is 1.99. The Kier molecular flexibility index (Phi) is 1.89. The molecule has 1 aromatic heterocycles. The molecular weight excluding hydrogens is 162 g/mol. The van der Waals surface area contributed by atoms with Crippen LogP contribution < -0.4 is 0 Å². The lowest BCUT2D eigenvalue weighted by atomic mass is 10.2. The van der Waals surface area contributed by atoms with E-state index in [4.69, 9.17) is 0 Å². The summed E-state index contributed by atoms with van der Waals surface area (Å²) in [7, 11) is 0. The van der Waals surface area contributed by atoms with Crippen molar-refractivity contribution in [3.8, 4) is 0 Å². The summed E-state index contributed by atoms with van der Waals surface area (Å²) in [5.74, 6) is 0. The molecule has 66 valence electrons. The summed E-state index contributed by atoms with van der Waals surface area (Å²) >= 11 is 0. The van der Waals surface area contributed by atoms with E-state index in [1.807, 2.05) is 12.1 Å². The van der Waals surface area contributed by atoms with Gasteiger partial charge in [-0.1, -0.05) is 11.6 Å². The van der Waals surface area contributed by atoms with E-state index in [0.29, 0.717) is 6.42 Å². The molecule has 0 radical (unpaired) electrons. The molecule has 0 atom stereocenters. The van der Waals surface area contributed by atoms with E-state index in [-0.39, 0.29) is 0 Å². The van der Waals surface area contributed by atoms with E-state index in [0.717, 1.165) is 17.5 Å². The van der Waals surface area contributed by atoms with Crippen LogP contribution in [0.1, 0.15) is 11.3 Å². The lowest BCUT2D eigenvalue weighted by molar-refractivity contribution is -0.107. The van der Waals surface area contributed by atoms with Gasteiger partial charge in [0.1, 0.15) is 6.29 Å². The van der Waals surface area contributed by atoms with Crippen LogP contribution in [0.5, 0.6) is 0 Å². The molecule has 1 heterocycles. The summed E-state index contributed by atoms with van der Waals surface area (Å²) in [6.07, 6.45) is 1.38. The molecule has 2 heteroatoms. The standard InChI is InChI=1S/C11H11NO/c1-8-2-3-11-9(6-8)7-10(12-11)4-5-13/h2-3,5-7,12H,4H2,1H3. The van der Waals surface area contributed by atoms with Crippen LogP contribution in [0.4, 0.5) is 0 Å². The molecule has 0 aliphatic rings. The van der Waals surface area contributed by atoms with Gasteiger partial charge in [-0.3, -0.25) is 0 Å². The highest BCUT2D eigenvalue weighted by Crippen LogP contribution is 2.16. The molecule has 13 heavy (non-hydrogen) atoms. The molecule has 2 nitrogen and oxygen atoms in total. The Morgan fingerprint density at radius 3 is 3.00 bits per heavy atom. The number of nitrogens with one attached hydrogen (secondary N) is 1. The Balaban J connectivity index is 2.55. The van der Waals surface area contributed by atoms with E-state index >= 15 is 0 Å². The molecule has 1 N–H and O–H groups in total. The number of benzene rings is 1. The van der Waals surface area contributed by atoms with E-state index in [1.54, 1.807) is 0 Å². The van der Waals surface area contributed by atoms with E-state index < -0.39 is 0 Å². The number of H-pyrrole nitrogens is 1. The van der Waals surface area contributed by atoms with Crippen LogP contribution in [-0.4, -0.2) is 11.3 Å². The van der Waals surface area contributed by atoms with Gasteiger partial charge < -0.3 is 9.78 Å². The van der Waals surface area contributed by atoms with Gasteiger partial charge in [-0.2, -0.15) is 0 Å². The second kappa shape index (κ2) is 3.05. The Morgan fingerprint density at radius 2 is 2.23 bits per heavy atom. The minimum Gasteiger partial charge on any atom is -0.358 e. The Morgan fingerprint density at radius 1 is 1.38 bits per heavy atom. The SMILES string of the molecule is Cc1ccc2[nH]c(CC=O)cc2c1. The third-order valence-corrected chi connectivity index (χ3v) is 2.14. The number of hydrogen-bond donors (Lipinski definition) is 1. The molecular formula is C11H11NO. The second-order valence-electron chi connectivity index (χ2n) is 3.26. The maximum Gasteiger partial charge on any atom is 0.125 e.